The first-order valence-corrected chi connectivity index (χ1v) is 7.58. The summed E-state index contributed by atoms with van der Waals surface area (Å²) in [4.78, 5) is 6.99. The zero-order valence-electron chi connectivity index (χ0n) is 12.7. The molecule has 19 heavy (non-hydrogen) atoms. The van der Waals surface area contributed by atoms with Crippen molar-refractivity contribution in [3.63, 3.8) is 0 Å². The fourth-order valence-electron chi connectivity index (χ4n) is 2.80. The standard InChI is InChI=1S/C16H27N3/c1-5-12(3)16-11-19(14(6-2)9-18-16)15-8-7-13(4)17-10-15/h7-8,10,12,14,16,18H,5-6,9,11H2,1-4H3. The highest BCUT2D eigenvalue weighted by molar-refractivity contribution is 5.46. The van der Waals surface area contributed by atoms with Crippen molar-refractivity contribution in [3.05, 3.63) is 24.0 Å². The third kappa shape index (κ3) is 3.27. The molecule has 0 aromatic carbocycles. The number of nitrogens with one attached hydrogen (secondary N) is 1. The van der Waals surface area contributed by atoms with Crippen molar-refractivity contribution in [1.82, 2.24) is 10.3 Å². The lowest BCUT2D eigenvalue weighted by Crippen LogP contribution is -2.58. The Balaban J connectivity index is 2.16. The van der Waals surface area contributed by atoms with Gasteiger partial charge >= 0.3 is 0 Å². The molecular formula is C16H27N3. The molecule has 0 bridgehead atoms. The SMILES string of the molecule is CCC(C)C1CN(c2ccc(C)nc2)C(CC)CN1. The van der Waals surface area contributed by atoms with Gasteiger partial charge in [0, 0.05) is 30.9 Å². The van der Waals surface area contributed by atoms with Crippen LogP contribution in [0.3, 0.4) is 0 Å². The van der Waals surface area contributed by atoms with E-state index >= 15 is 0 Å². The number of aromatic nitrogens is 1. The molecule has 2 rings (SSSR count). The van der Waals surface area contributed by atoms with Crippen LogP contribution in [0.2, 0.25) is 0 Å². The van der Waals surface area contributed by atoms with E-state index in [-0.39, 0.29) is 0 Å². The summed E-state index contributed by atoms with van der Waals surface area (Å²) in [6.07, 6.45) is 4.43. The molecule has 0 saturated carbocycles. The van der Waals surface area contributed by atoms with Crippen LogP contribution in [0.25, 0.3) is 0 Å². The minimum absolute atomic E-state index is 0.588. The van der Waals surface area contributed by atoms with Gasteiger partial charge in [-0.1, -0.05) is 27.2 Å². The van der Waals surface area contributed by atoms with Crippen molar-refractivity contribution in [1.29, 1.82) is 0 Å². The fraction of sp³-hybridized carbons (Fsp3) is 0.688. The van der Waals surface area contributed by atoms with E-state index in [9.17, 15) is 0 Å². The number of aryl methyl sites for hydroxylation is 1. The number of hydrogen-bond donors (Lipinski definition) is 1. The summed E-state index contributed by atoms with van der Waals surface area (Å²) in [6, 6.07) is 5.51. The van der Waals surface area contributed by atoms with Crippen molar-refractivity contribution in [2.45, 2.75) is 52.6 Å². The molecule has 3 unspecified atom stereocenters. The van der Waals surface area contributed by atoms with Crippen LogP contribution in [0.4, 0.5) is 5.69 Å². The van der Waals surface area contributed by atoms with E-state index in [0.29, 0.717) is 12.1 Å². The Morgan fingerprint density at radius 3 is 2.79 bits per heavy atom. The maximum absolute atomic E-state index is 4.45. The Bertz CT molecular complexity index is 387. The van der Waals surface area contributed by atoms with Crippen LogP contribution in [0.15, 0.2) is 18.3 Å². The molecule has 0 radical (unpaired) electrons. The lowest BCUT2D eigenvalue weighted by atomic mass is 9.94. The molecule has 1 aromatic heterocycles. The molecule has 0 spiro atoms. The predicted molar refractivity (Wildman–Crippen MR) is 81.6 cm³/mol. The molecule has 1 aromatic rings. The van der Waals surface area contributed by atoms with Crippen LogP contribution in [0.1, 0.15) is 39.3 Å². The maximum atomic E-state index is 4.45. The fourth-order valence-corrected chi connectivity index (χ4v) is 2.80. The highest BCUT2D eigenvalue weighted by atomic mass is 15.2. The van der Waals surface area contributed by atoms with Crippen molar-refractivity contribution in [2.75, 3.05) is 18.0 Å². The molecule has 106 valence electrons. The molecule has 1 fully saturated rings. The summed E-state index contributed by atoms with van der Waals surface area (Å²) in [6.45, 7) is 11.1. The molecule has 0 aliphatic carbocycles. The number of anilines is 1. The zero-order valence-corrected chi connectivity index (χ0v) is 12.7. The van der Waals surface area contributed by atoms with Crippen molar-refractivity contribution >= 4 is 5.69 Å². The quantitative estimate of drug-likeness (QED) is 0.903. The third-order valence-electron chi connectivity index (χ3n) is 4.48. The van der Waals surface area contributed by atoms with Gasteiger partial charge in [-0.15, -0.1) is 0 Å². The molecule has 1 aliphatic rings. The summed E-state index contributed by atoms with van der Waals surface area (Å²) in [5.41, 5.74) is 2.36. The molecular weight excluding hydrogens is 234 g/mol. The van der Waals surface area contributed by atoms with Gasteiger partial charge in [-0.2, -0.15) is 0 Å². The lowest BCUT2D eigenvalue weighted by Gasteiger charge is -2.43. The minimum Gasteiger partial charge on any atom is -0.364 e. The number of nitrogens with zero attached hydrogens (tertiary/aromatic N) is 2. The number of piperazine rings is 1. The topological polar surface area (TPSA) is 28.2 Å². The van der Waals surface area contributed by atoms with Gasteiger partial charge in [0.15, 0.2) is 0 Å². The molecule has 3 nitrogen and oxygen atoms in total. The van der Waals surface area contributed by atoms with Gasteiger partial charge in [0.05, 0.1) is 11.9 Å². The monoisotopic (exact) mass is 261 g/mol. The zero-order chi connectivity index (χ0) is 13.8. The molecule has 1 N–H and O–H groups in total. The summed E-state index contributed by atoms with van der Waals surface area (Å²) in [5.74, 6) is 0.721. The van der Waals surface area contributed by atoms with E-state index in [1.807, 2.05) is 13.1 Å². The van der Waals surface area contributed by atoms with Gasteiger partial charge in [-0.3, -0.25) is 4.98 Å². The average Bonchev–Trinajstić information content (AvgIpc) is 2.46. The van der Waals surface area contributed by atoms with Gasteiger partial charge in [0.25, 0.3) is 0 Å². The summed E-state index contributed by atoms with van der Waals surface area (Å²) >= 11 is 0. The molecule has 3 heteroatoms. The van der Waals surface area contributed by atoms with Gasteiger partial charge in [-0.25, -0.2) is 0 Å². The minimum atomic E-state index is 0.588. The second-order valence-electron chi connectivity index (χ2n) is 5.77. The van der Waals surface area contributed by atoms with Gasteiger partial charge in [0.2, 0.25) is 0 Å². The van der Waals surface area contributed by atoms with E-state index in [0.717, 1.165) is 24.7 Å². The Labute approximate surface area is 117 Å². The normalized spacial score (nSPS) is 25.4. The molecule has 1 saturated heterocycles. The third-order valence-corrected chi connectivity index (χ3v) is 4.48. The van der Waals surface area contributed by atoms with Crippen LogP contribution >= 0.6 is 0 Å². The van der Waals surface area contributed by atoms with Crippen LogP contribution in [0.5, 0.6) is 0 Å². The van der Waals surface area contributed by atoms with Crippen LogP contribution in [-0.4, -0.2) is 30.2 Å². The van der Waals surface area contributed by atoms with E-state index in [4.69, 9.17) is 0 Å². The summed E-state index contributed by atoms with van der Waals surface area (Å²) < 4.78 is 0. The average molecular weight is 261 g/mol. The second-order valence-corrected chi connectivity index (χ2v) is 5.77. The molecule has 1 aliphatic heterocycles. The van der Waals surface area contributed by atoms with Crippen molar-refractivity contribution in [3.8, 4) is 0 Å². The largest absolute Gasteiger partial charge is 0.364 e. The Kier molecular flexibility index (Phi) is 4.81. The Morgan fingerprint density at radius 2 is 2.21 bits per heavy atom. The molecule has 0 amide bonds. The second kappa shape index (κ2) is 6.38. The van der Waals surface area contributed by atoms with Crippen LogP contribution in [0, 0.1) is 12.8 Å². The summed E-state index contributed by atoms with van der Waals surface area (Å²) in [7, 11) is 0. The highest BCUT2D eigenvalue weighted by Gasteiger charge is 2.29. The Hall–Kier alpha value is -1.09. The van der Waals surface area contributed by atoms with Gasteiger partial charge in [0.1, 0.15) is 0 Å². The van der Waals surface area contributed by atoms with Crippen molar-refractivity contribution < 1.29 is 0 Å². The first-order valence-electron chi connectivity index (χ1n) is 7.58. The molecule has 3 atom stereocenters. The van der Waals surface area contributed by atoms with E-state index in [1.165, 1.54) is 18.5 Å². The smallest absolute Gasteiger partial charge is 0.0556 e. The molecule has 2 heterocycles. The van der Waals surface area contributed by atoms with E-state index < -0.39 is 0 Å². The van der Waals surface area contributed by atoms with E-state index in [2.05, 4.69) is 48.1 Å². The van der Waals surface area contributed by atoms with Gasteiger partial charge in [-0.05, 0) is 31.4 Å². The highest BCUT2D eigenvalue weighted by Crippen LogP contribution is 2.23. The summed E-state index contributed by atoms with van der Waals surface area (Å²) in [5, 5.41) is 3.72. The maximum Gasteiger partial charge on any atom is 0.0556 e. The first-order chi connectivity index (χ1) is 9.15. The number of rotatable bonds is 4. The number of pyridine rings is 1. The Morgan fingerprint density at radius 1 is 1.42 bits per heavy atom. The van der Waals surface area contributed by atoms with Crippen LogP contribution < -0.4 is 10.2 Å². The lowest BCUT2D eigenvalue weighted by molar-refractivity contribution is 0.306. The van der Waals surface area contributed by atoms with Crippen LogP contribution in [-0.2, 0) is 0 Å². The van der Waals surface area contributed by atoms with E-state index in [1.54, 1.807) is 0 Å². The van der Waals surface area contributed by atoms with Crippen molar-refractivity contribution in [2.24, 2.45) is 5.92 Å². The number of hydrogen-bond acceptors (Lipinski definition) is 3. The van der Waals surface area contributed by atoms with Gasteiger partial charge < -0.3 is 10.2 Å². The predicted octanol–water partition coefficient (Wildman–Crippen LogP) is 2.99. The first kappa shape index (κ1) is 14.3.